The van der Waals surface area contributed by atoms with Crippen LogP contribution in [0.4, 0.5) is 5.69 Å². The molecule has 4 aromatic carbocycles. The standard InChI is InChI=1S/C25H16BrIN2O3/c26-20-10-8-16(27)12-19(20)25-29-21-13-17(9-11-23(21)32-25)28-24(30)14-31-22-7-3-5-15-4-1-2-6-18(15)22/h1-13H,14H2,(H,28,30). The molecule has 0 fully saturated rings. The van der Waals surface area contributed by atoms with Crippen LogP contribution >= 0.6 is 38.5 Å². The van der Waals surface area contributed by atoms with Crippen molar-refractivity contribution in [1.82, 2.24) is 4.98 Å². The average Bonchev–Trinajstić information content (AvgIpc) is 3.22. The van der Waals surface area contributed by atoms with Crippen LogP contribution in [0.5, 0.6) is 5.75 Å². The van der Waals surface area contributed by atoms with Crippen LogP contribution < -0.4 is 10.1 Å². The average molecular weight is 599 g/mol. The molecule has 5 rings (SSSR count). The zero-order valence-corrected chi connectivity index (χ0v) is 20.4. The first-order valence-electron chi connectivity index (χ1n) is 9.83. The molecule has 5 nitrogen and oxygen atoms in total. The number of hydrogen-bond donors (Lipinski definition) is 1. The Morgan fingerprint density at radius 3 is 2.78 bits per heavy atom. The van der Waals surface area contributed by atoms with E-state index in [0.717, 1.165) is 24.4 Å². The second kappa shape index (κ2) is 8.91. The zero-order valence-electron chi connectivity index (χ0n) is 16.6. The van der Waals surface area contributed by atoms with Gasteiger partial charge in [0.05, 0.1) is 5.56 Å². The third-order valence-corrected chi connectivity index (χ3v) is 6.30. The molecule has 0 aliphatic rings. The number of oxazole rings is 1. The van der Waals surface area contributed by atoms with Gasteiger partial charge in [-0.3, -0.25) is 4.79 Å². The summed E-state index contributed by atoms with van der Waals surface area (Å²) in [6.07, 6.45) is 0. The van der Waals surface area contributed by atoms with Crippen LogP contribution in [0.15, 0.2) is 87.8 Å². The molecule has 1 aromatic heterocycles. The first-order chi connectivity index (χ1) is 15.6. The predicted molar refractivity (Wildman–Crippen MR) is 138 cm³/mol. The van der Waals surface area contributed by atoms with Crippen molar-refractivity contribution in [2.24, 2.45) is 0 Å². The number of carbonyl (C=O) groups is 1. The topological polar surface area (TPSA) is 64.4 Å². The van der Waals surface area contributed by atoms with Gasteiger partial charge in [-0.15, -0.1) is 0 Å². The van der Waals surface area contributed by atoms with E-state index in [9.17, 15) is 4.79 Å². The van der Waals surface area contributed by atoms with Gasteiger partial charge < -0.3 is 14.5 Å². The maximum Gasteiger partial charge on any atom is 0.262 e. The number of nitrogens with one attached hydrogen (secondary N) is 1. The maximum absolute atomic E-state index is 12.5. The summed E-state index contributed by atoms with van der Waals surface area (Å²) in [7, 11) is 0. The van der Waals surface area contributed by atoms with Crippen molar-refractivity contribution in [3.63, 3.8) is 0 Å². The highest BCUT2D eigenvalue weighted by atomic mass is 127. The maximum atomic E-state index is 12.5. The van der Waals surface area contributed by atoms with E-state index >= 15 is 0 Å². The molecule has 0 saturated carbocycles. The van der Waals surface area contributed by atoms with E-state index in [1.807, 2.05) is 60.7 Å². The molecule has 0 aliphatic heterocycles. The van der Waals surface area contributed by atoms with E-state index in [4.69, 9.17) is 9.15 Å². The van der Waals surface area contributed by atoms with Gasteiger partial charge in [-0.2, -0.15) is 0 Å². The molecule has 5 aromatic rings. The van der Waals surface area contributed by atoms with Crippen molar-refractivity contribution >= 4 is 72.0 Å². The third-order valence-electron chi connectivity index (χ3n) is 4.94. The fraction of sp³-hybridized carbons (Fsp3) is 0.0400. The van der Waals surface area contributed by atoms with Crippen LogP contribution in [0.1, 0.15) is 0 Å². The summed E-state index contributed by atoms with van der Waals surface area (Å²) >= 11 is 5.80. The number of carbonyl (C=O) groups excluding carboxylic acids is 1. The number of hydrogen-bond acceptors (Lipinski definition) is 4. The van der Waals surface area contributed by atoms with E-state index in [2.05, 4.69) is 48.8 Å². The van der Waals surface area contributed by atoms with Crippen molar-refractivity contribution in [3.05, 3.63) is 86.9 Å². The fourth-order valence-corrected chi connectivity index (χ4v) is 4.35. The Kier molecular flexibility index (Phi) is 5.84. The Morgan fingerprint density at radius 1 is 1.03 bits per heavy atom. The van der Waals surface area contributed by atoms with Crippen molar-refractivity contribution in [2.45, 2.75) is 0 Å². The van der Waals surface area contributed by atoms with Gasteiger partial charge in [-0.1, -0.05) is 36.4 Å². The Morgan fingerprint density at radius 2 is 1.88 bits per heavy atom. The smallest absolute Gasteiger partial charge is 0.262 e. The molecule has 32 heavy (non-hydrogen) atoms. The summed E-state index contributed by atoms with van der Waals surface area (Å²) in [6, 6.07) is 25.1. The van der Waals surface area contributed by atoms with Gasteiger partial charge in [0.15, 0.2) is 12.2 Å². The number of halogens is 2. The van der Waals surface area contributed by atoms with Gasteiger partial charge in [-0.25, -0.2) is 4.98 Å². The number of anilines is 1. The molecule has 0 unspecified atom stereocenters. The first-order valence-corrected chi connectivity index (χ1v) is 11.7. The molecule has 0 aliphatic carbocycles. The van der Waals surface area contributed by atoms with Gasteiger partial charge in [-0.05, 0) is 86.4 Å². The Hall–Kier alpha value is -2.91. The fourth-order valence-electron chi connectivity index (χ4n) is 3.44. The minimum atomic E-state index is -0.249. The number of amides is 1. The van der Waals surface area contributed by atoms with Crippen LogP contribution in [-0.2, 0) is 4.79 Å². The number of rotatable bonds is 5. The van der Waals surface area contributed by atoms with E-state index in [1.165, 1.54) is 0 Å². The van der Waals surface area contributed by atoms with Gasteiger partial charge in [0.25, 0.3) is 5.91 Å². The van der Waals surface area contributed by atoms with Crippen molar-refractivity contribution in [3.8, 4) is 17.2 Å². The number of ether oxygens (including phenoxy) is 1. The minimum Gasteiger partial charge on any atom is -0.483 e. The normalized spacial score (nSPS) is 11.1. The minimum absolute atomic E-state index is 0.0918. The summed E-state index contributed by atoms with van der Waals surface area (Å²) in [5.41, 5.74) is 2.82. The molecule has 0 spiro atoms. The number of benzene rings is 4. The molecule has 0 saturated heterocycles. The van der Waals surface area contributed by atoms with Crippen LogP contribution in [0.2, 0.25) is 0 Å². The highest BCUT2D eigenvalue weighted by molar-refractivity contribution is 14.1. The first kappa shape index (κ1) is 21.0. The molecule has 0 radical (unpaired) electrons. The molecule has 1 heterocycles. The lowest BCUT2D eigenvalue weighted by atomic mass is 10.1. The number of fused-ring (bicyclic) bond motifs is 2. The van der Waals surface area contributed by atoms with Crippen molar-refractivity contribution < 1.29 is 13.9 Å². The van der Waals surface area contributed by atoms with E-state index < -0.39 is 0 Å². The summed E-state index contributed by atoms with van der Waals surface area (Å²) in [5.74, 6) is 0.951. The molecule has 1 N–H and O–H groups in total. The molecule has 0 atom stereocenters. The number of aromatic nitrogens is 1. The summed E-state index contributed by atoms with van der Waals surface area (Å²) in [4.78, 5) is 17.1. The largest absolute Gasteiger partial charge is 0.483 e. The molecule has 0 bridgehead atoms. The van der Waals surface area contributed by atoms with Crippen molar-refractivity contribution in [1.29, 1.82) is 0 Å². The second-order valence-electron chi connectivity index (χ2n) is 7.14. The lowest BCUT2D eigenvalue weighted by molar-refractivity contribution is -0.118. The third kappa shape index (κ3) is 4.35. The van der Waals surface area contributed by atoms with Gasteiger partial charge in [0.2, 0.25) is 5.89 Å². The molecule has 7 heteroatoms. The molecular formula is C25H16BrIN2O3. The Balaban J connectivity index is 1.31. The Bertz CT molecular complexity index is 1460. The van der Waals surface area contributed by atoms with Crippen molar-refractivity contribution in [2.75, 3.05) is 11.9 Å². The van der Waals surface area contributed by atoms with Gasteiger partial charge >= 0.3 is 0 Å². The monoisotopic (exact) mass is 598 g/mol. The highest BCUT2D eigenvalue weighted by Crippen LogP contribution is 2.32. The quantitative estimate of drug-likeness (QED) is 0.221. The summed E-state index contributed by atoms with van der Waals surface area (Å²) < 4.78 is 13.7. The molecule has 1 amide bonds. The van der Waals surface area contributed by atoms with Crippen LogP contribution in [0.25, 0.3) is 33.3 Å². The van der Waals surface area contributed by atoms with Crippen LogP contribution in [0, 0.1) is 3.57 Å². The zero-order chi connectivity index (χ0) is 22.1. The van der Waals surface area contributed by atoms with E-state index in [0.29, 0.717) is 28.4 Å². The van der Waals surface area contributed by atoms with E-state index in [1.54, 1.807) is 18.2 Å². The summed E-state index contributed by atoms with van der Waals surface area (Å²) in [5, 5.41) is 4.91. The van der Waals surface area contributed by atoms with Crippen LogP contribution in [0.3, 0.4) is 0 Å². The highest BCUT2D eigenvalue weighted by Gasteiger charge is 2.13. The van der Waals surface area contributed by atoms with Gasteiger partial charge in [0, 0.05) is 19.1 Å². The lowest BCUT2D eigenvalue weighted by Gasteiger charge is -2.09. The molecule has 158 valence electrons. The lowest BCUT2D eigenvalue weighted by Crippen LogP contribution is -2.20. The van der Waals surface area contributed by atoms with E-state index in [-0.39, 0.29) is 12.5 Å². The Labute approximate surface area is 206 Å². The SMILES string of the molecule is O=C(COc1cccc2ccccc12)Nc1ccc2oc(-c3cc(I)ccc3Br)nc2c1. The number of nitrogens with zero attached hydrogens (tertiary/aromatic N) is 1. The molecular weight excluding hydrogens is 583 g/mol. The second-order valence-corrected chi connectivity index (χ2v) is 9.24. The van der Waals surface area contributed by atoms with Gasteiger partial charge in [0.1, 0.15) is 11.3 Å². The predicted octanol–water partition coefficient (Wildman–Crippen LogP) is 7.03. The summed E-state index contributed by atoms with van der Waals surface area (Å²) in [6.45, 7) is -0.0918. The van der Waals surface area contributed by atoms with Crippen LogP contribution in [-0.4, -0.2) is 17.5 Å².